The maximum atomic E-state index is 12.0. The first-order valence-electron chi connectivity index (χ1n) is 8.44. The van der Waals surface area contributed by atoms with Crippen LogP contribution in [0.4, 0.5) is 5.69 Å². The second kappa shape index (κ2) is 5.08. The highest BCUT2D eigenvalue weighted by atomic mass is 16.4. The lowest BCUT2D eigenvalue weighted by atomic mass is 9.86. The SMILES string of the molecule is NC(=O)c1ccc2c3cccc4c(N)ccc(c5ccc(C(=O)O)c1c25)c43. The Morgan fingerprint density at radius 2 is 1.22 bits per heavy atom. The molecule has 0 aliphatic heterocycles. The van der Waals surface area contributed by atoms with Gasteiger partial charge in [-0.25, -0.2) is 4.79 Å². The van der Waals surface area contributed by atoms with E-state index in [1.54, 1.807) is 12.1 Å². The molecule has 0 saturated carbocycles. The number of nitrogens with two attached hydrogens (primary N) is 2. The van der Waals surface area contributed by atoms with Crippen molar-refractivity contribution in [3.63, 3.8) is 0 Å². The summed E-state index contributed by atoms with van der Waals surface area (Å²) in [6, 6.07) is 16.4. The number of carboxylic acid groups (broad SMARTS) is 1. The van der Waals surface area contributed by atoms with Gasteiger partial charge >= 0.3 is 5.97 Å². The van der Waals surface area contributed by atoms with Crippen molar-refractivity contribution in [2.45, 2.75) is 0 Å². The van der Waals surface area contributed by atoms with Gasteiger partial charge in [0.25, 0.3) is 0 Å². The topological polar surface area (TPSA) is 106 Å². The van der Waals surface area contributed by atoms with Gasteiger partial charge in [-0.3, -0.25) is 4.79 Å². The van der Waals surface area contributed by atoms with Crippen LogP contribution in [0.2, 0.25) is 0 Å². The van der Waals surface area contributed by atoms with Crippen LogP contribution in [0.25, 0.3) is 43.1 Å². The third kappa shape index (κ3) is 1.88. The largest absolute Gasteiger partial charge is 0.478 e. The van der Waals surface area contributed by atoms with Crippen molar-refractivity contribution in [3.05, 3.63) is 65.7 Å². The molecule has 130 valence electrons. The Morgan fingerprint density at radius 3 is 1.89 bits per heavy atom. The fourth-order valence-corrected chi connectivity index (χ4v) is 4.21. The zero-order chi connectivity index (χ0) is 18.9. The summed E-state index contributed by atoms with van der Waals surface area (Å²) in [5, 5.41) is 16.4. The van der Waals surface area contributed by atoms with Crippen molar-refractivity contribution >= 4 is 60.7 Å². The van der Waals surface area contributed by atoms with Gasteiger partial charge < -0.3 is 16.6 Å². The highest BCUT2D eigenvalue weighted by molar-refractivity contribution is 6.36. The monoisotopic (exact) mass is 354 g/mol. The number of benzene rings is 5. The summed E-state index contributed by atoms with van der Waals surface area (Å²) in [7, 11) is 0. The molecule has 0 radical (unpaired) electrons. The van der Waals surface area contributed by atoms with Crippen LogP contribution < -0.4 is 11.5 Å². The van der Waals surface area contributed by atoms with Crippen LogP contribution in [0.1, 0.15) is 20.7 Å². The summed E-state index contributed by atoms with van der Waals surface area (Å²) in [5.41, 5.74) is 12.7. The van der Waals surface area contributed by atoms with Crippen LogP contribution in [-0.2, 0) is 0 Å². The predicted molar refractivity (Wildman–Crippen MR) is 108 cm³/mol. The third-order valence-corrected chi connectivity index (χ3v) is 5.31. The number of anilines is 1. The molecule has 5 heteroatoms. The average molecular weight is 354 g/mol. The highest BCUT2D eigenvalue weighted by Gasteiger charge is 2.21. The molecular formula is C22H14N2O3. The molecule has 0 saturated heterocycles. The van der Waals surface area contributed by atoms with Gasteiger partial charge in [0.1, 0.15) is 0 Å². The minimum Gasteiger partial charge on any atom is -0.478 e. The van der Waals surface area contributed by atoms with Crippen molar-refractivity contribution in [1.82, 2.24) is 0 Å². The van der Waals surface area contributed by atoms with Gasteiger partial charge in [0.05, 0.1) is 5.56 Å². The molecule has 5 rings (SSSR count). The van der Waals surface area contributed by atoms with E-state index in [9.17, 15) is 14.7 Å². The Balaban J connectivity index is 2.20. The Kier molecular flexibility index (Phi) is 2.90. The maximum Gasteiger partial charge on any atom is 0.336 e. The molecule has 1 amide bonds. The zero-order valence-electron chi connectivity index (χ0n) is 14.1. The fourth-order valence-electron chi connectivity index (χ4n) is 4.21. The normalized spacial score (nSPS) is 11.7. The molecule has 0 heterocycles. The first-order valence-corrected chi connectivity index (χ1v) is 8.44. The van der Waals surface area contributed by atoms with Gasteiger partial charge in [0.15, 0.2) is 0 Å². The first-order chi connectivity index (χ1) is 13.0. The fraction of sp³-hybridized carbons (Fsp3) is 0. The Morgan fingerprint density at radius 1 is 0.667 bits per heavy atom. The second-order valence-electron chi connectivity index (χ2n) is 6.67. The van der Waals surface area contributed by atoms with Crippen molar-refractivity contribution in [2.75, 3.05) is 5.73 Å². The molecule has 5 N–H and O–H groups in total. The number of hydrogen-bond donors (Lipinski definition) is 3. The number of rotatable bonds is 2. The number of hydrogen-bond acceptors (Lipinski definition) is 3. The van der Waals surface area contributed by atoms with Crippen molar-refractivity contribution in [1.29, 1.82) is 0 Å². The van der Waals surface area contributed by atoms with Crippen LogP contribution in [0, 0.1) is 0 Å². The molecule has 0 fully saturated rings. The summed E-state index contributed by atoms with van der Waals surface area (Å²) in [4.78, 5) is 23.8. The van der Waals surface area contributed by atoms with E-state index in [4.69, 9.17) is 11.5 Å². The Bertz CT molecular complexity index is 1370. The molecule has 5 nitrogen and oxygen atoms in total. The van der Waals surface area contributed by atoms with Gasteiger partial charge in [0, 0.05) is 22.0 Å². The number of aromatic carboxylic acids is 1. The number of primary amides is 1. The zero-order valence-corrected chi connectivity index (χ0v) is 14.1. The van der Waals surface area contributed by atoms with Crippen LogP contribution in [-0.4, -0.2) is 17.0 Å². The lowest BCUT2D eigenvalue weighted by molar-refractivity contribution is 0.0699. The molecule has 0 spiro atoms. The number of amides is 1. The van der Waals surface area contributed by atoms with E-state index >= 15 is 0 Å². The smallest absolute Gasteiger partial charge is 0.336 e. The third-order valence-electron chi connectivity index (χ3n) is 5.31. The molecule has 5 aromatic rings. The molecule has 5 aromatic carbocycles. The minimum atomic E-state index is -1.09. The van der Waals surface area contributed by atoms with E-state index in [0.717, 1.165) is 37.7 Å². The summed E-state index contributed by atoms with van der Waals surface area (Å²) in [6.07, 6.45) is 0. The maximum absolute atomic E-state index is 12.0. The first kappa shape index (κ1) is 15.4. The molecule has 0 atom stereocenters. The molecule has 0 aliphatic carbocycles. The number of carbonyl (C=O) groups excluding carboxylic acids is 1. The number of carboxylic acids is 1. The quantitative estimate of drug-likeness (QED) is 0.252. The van der Waals surface area contributed by atoms with E-state index in [0.29, 0.717) is 11.1 Å². The average Bonchev–Trinajstić information content (AvgIpc) is 2.66. The Hall–Kier alpha value is -3.86. The van der Waals surface area contributed by atoms with Crippen molar-refractivity contribution in [2.24, 2.45) is 5.73 Å². The molecular weight excluding hydrogens is 340 g/mol. The minimum absolute atomic E-state index is 0.0653. The molecule has 0 unspecified atom stereocenters. The van der Waals surface area contributed by atoms with Gasteiger partial charge in [-0.2, -0.15) is 0 Å². The van der Waals surface area contributed by atoms with Crippen LogP contribution >= 0.6 is 0 Å². The van der Waals surface area contributed by atoms with Crippen LogP contribution in [0.3, 0.4) is 0 Å². The molecule has 0 aliphatic rings. The van der Waals surface area contributed by atoms with Crippen molar-refractivity contribution in [3.8, 4) is 0 Å². The Labute approximate surface area is 153 Å². The van der Waals surface area contributed by atoms with Gasteiger partial charge in [-0.1, -0.05) is 36.4 Å². The van der Waals surface area contributed by atoms with Gasteiger partial charge in [-0.05, 0) is 50.5 Å². The second-order valence-corrected chi connectivity index (χ2v) is 6.67. The summed E-state index contributed by atoms with van der Waals surface area (Å²) in [6.45, 7) is 0. The highest BCUT2D eigenvalue weighted by Crippen LogP contribution is 2.43. The van der Waals surface area contributed by atoms with Crippen LogP contribution in [0.15, 0.2) is 54.6 Å². The lowest BCUT2D eigenvalue weighted by Crippen LogP contribution is -2.13. The molecule has 0 bridgehead atoms. The van der Waals surface area contributed by atoms with Crippen molar-refractivity contribution < 1.29 is 14.7 Å². The number of fused-ring (bicyclic) bond motifs is 2. The van der Waals surface area contributed by atoms with E-state index in [-0.39, 0.29) is 11.1 Å². The predicted octanol–water partition coefficient (Wildman–Crippen LogP) is 4.12. The number of nitrogen functional groups attached to an aromatic ring is 1. The number of carbonyl (C=O) groups is 2. The van der Waals surface area contributed by atoms with E-state index in [1.165, 1.54) is 6.07 Å². The molecule has 0 aromatic heterocycles. The summed E-state index contributed by atoms with van der Waals surface area (Å²) < 4.78 is 0. The summed E-state index contributed by atoms with van der Waals surface area (Å²) in [5.74, 6) is -1.75. The summed E-state index contributed by atoms with van der Waals surface area (Å²) >= 11 is 0. The molecule has 27 heavy (non-hydrogen) atoms. The standard InChI is InChI=1S/C22H14N2O3/c23-17-9-8-11-13-5-7-16(22(26)27)20-15(21(24)25)6-4-12(19(13)20)10-2-1-3-14(17)18(10)11/h1-9H,23H2,(H2,24,25)(H,26,27). The van der Waals surface area contributed by atoms with Gasteiger partial charge in [0.2, 0.25) is 5.91 Å². The van der Waals surface area contributed by atoms with Crippen LogP contribution in [0.5, 0.6) is 0 Å². The van der Waals surface area contributed by atoms with Gasteiger partial charge in [-0.15, -0.1) is 0 Å². The van der Waals surface area contributed by atoms with E-state index in [1.807, 2.05) is 36.4 Å². The lowest BCUT2D eigenvalue weighted by Gasteiger charge is -2.17. The van der Waals surface area contributed by atoms with E-state index < -0.39 is 11.9 Å². The van der Waals surface area contributed by atoms with E-state index in [2.05, 4.69) is 0 Å².